The third-order valence-corrected chi connectivity index (χ3v) is 2.30. The molecule has 1 heterocycles. The maximum absolute atomic E-state index is 11.3. The number of nitrogens with two attached hydrogens (primary N) is 1. The van der Waals surface area contributed by atoms with E-state index in [4.69, 9.17) is 15.7 Å². The van der Waals surface area contributed by atoms with Gasteiger partial charge >= 0.3 is 6.09 Å². The molecule has 1 fully saturated rings. The number of hydrazine groups is 1. The average Bonchev–Trinajstić information content (AvgIpc) is 2.28. The van der Waals surface area contributed by atoms with Gasteiger partial charge in [-0.1, -0.05) is 0 Å². The predicted molar refractivity (Wildman–Crippen MR) is 54.5 cm³/mol. The molecule has 1 saturated heterocycles. The quantitative estimate of drug-likeness (QED) is 0.252. The van der Waals surface area contributed by atoms with Gasteiger partial charge in [0.05, 0.1) is 13.2 Å². The smallest absolute Gasteiger partial charge is 0.405 e. The van der Waals surface area contributed by atoms with E-state index in [1.165, 1.54) is 0 Å². The molecule has 0 aromatic heterocycles. The van der Waals surface area contributed by atoms with Gasteiger partial charge in [0, 0.05) is 19.6 Å². The van der Waals surface area contributed by atoms with Gasteiger partial charge in [0.15, 0.2) is 0 Å². The van der Waals surface area contributed by atoms with Gasteiger partial charge in [0.2, 0.25) is 0 Å². The van der Waals surface area contributed by atoms with Crippen LogP contribution in [0.2, 0.25) is 0 Å². The van der Waals surface area contributed by atoms with E-state index in [-0.39, 0.29) is 0 Å². The summed E-state index contributed by atoms with van der Waals surface area (Å²) in [5.41, 5.74) is 1.94. The molecule has 0 aromatic carbocycles. The molecule has 5 N–H and O–H groups in total. The van der Waals surface area contributed by atoms with Crippen molar-refractivity contribution in [3.8, 4) is 0 Å². The number of hydrogen-bond donors (Lipinski definition) is 4. The van der Waals surface area contributed by atoms with Crippen molar-refractivity contribution in [3.63, 3.8) is 0 Å². The average molecular weight is 232 g/mol. The Morgan fingerprint density at radius 3 is 2.56 bits per heavy atom. The molecule has 2 amide bonds. The minimum absolute atomic E-state index is 0.290. The maximum atomic E-state index is 11.3. The van der Waals surface area contributed by atoms with Crippen molar-refractivity contribution >= 4 is 12.0 Å². The molecular formula is C8H16N4O4. The maximum Gasteiger partial charge on any atom is 0.405 e. The van der Waals surface area contributed by atoms with Crippen LogP contribution in [0.1, 0.15) is 0 Å². The van der Waals surface area contributed by atoms with Crippen molar-refractivity contribution in [2.45, 2.75) is 6.04 Å². The molecule has 0 aliphatic carbocycles. The van der Waals surface area contributed by atoms with E-state index >= 15 is 0 Å². The summed E-state index contributed by atoms with van der Waals surface area (Å²) in [5.74, 6) is 4.43. The molecule has 1 rings (SSSR count). The molecule has 0 spiro atoms. The monoisotopic (exact) mass is 232 g/mol. The molecule has 0 saturated carbocycles. The molecule has 0 aromatic rings. The van der Waals surface area contributed by atoms with E-state index in [9.17, 15) is 9.59 Å². The third kappa shape index (κ3) is 4.01. The van der Waals surface area contributed by atoms with Gasteiger partial charge in [-0.2, -0.15) is 0 Å². The molecule has 8 nitrogen and oxygen atoms in total. The summed E-state index contributed by atoms with van der Waals surface area (Å²) in [6.07, 6.45) is -1.25. The van der Waals surface area contributed by atoms with Crippen molar-refractivity contribution in [1.29, 1.82) is 0 Å². The largest absolute Gasteiger partial charge is 0.465 e. The van der Waals surface area contributed by atoms with Crippen LogP contribution in [0, 0.1) is 0 Å². The van der Waals surface area contributed by atoms with Crippen molar-refractivity contribution in [1.82, 2.24) is 15.6 Å². The summed E-state index contributed by atoms with van der Waals surface area (Å²) in [6.45, 7) is 2.82. The highest BCUT2D eigenvalue weighted by atomic mass is 16.5. The molecule has 8 heteroatoms. The number of carbonyl (C=O) groups excluding carboxylic acids is 1. The van der Waals surface area contributed by atoms with E-state index in [0.717, 1.165) is 0 Å². The van der Waals surface area contributed by atoms with Crippen molar-refractivity contribution < 1.29 is 19.4 Å². The fourth-order valence-electron chi connectivity index (χ4n) is 1.49. The highest BCUT2D eigenvalue weighted by molar-refractivity contribution is 5.84. The number of nitrogens with zero attached hydrogens (tertiary/aromatic N) is 1. The van der Waals surface area contributed by atoms with Gasteiger partial charge < -0.3 is 15.2 Å². The van der Waals surface area contributed by atoms with Gasteiger partial charge in [-0.25, -0.2) is 10.6 Å². The molecular weight excluding hydrogens is 216 g/mol. The normalized spacial score (nSPS) is 18.8. The highest BCUT2D eigenvalue weighted by Crippen LogP contribution is 1.98. The summed E-state index contributed by atoms with van der Waals surface area (Å²) in [6, 6.07) is -0.861. The van der Waals surface area contributed by atoms with Crippen LogP contribution in [0.3, 0.4) is 0 Å². The van der Waals surface area contributed by atoms with Crippen LogP contribution < -0.4 is 16.6 Å². The zero-order chi connectivity index (χ0) is 12.0. The highest BCUT2D eigenvalue weighted by Gasteiger charge is 2.23. The molecule has 0 radical (unpaired) electrons. The number of nitrogens with one attached hydrogen (secondary N) is 2. The number of hydrogen-bond acceptors (Lipinski definition) is 5. The van der Waals surface area contributed by atoms with Crippen LogP contribution in [-0.4, -0.2) is 60.9 Å². The fraction of sp³-hybridized carbons (Fsp3) is 0.750. The Kier molecular flexibility index (Phi) is 4.96. The minimum atomic E-state index is -1.25. The second-order valence-corrected chi connectivity index (χ2v) is 3.42. The van der Waals surface area contributed by atoms with E-state index in [1.54, 1.807) is 0 Å². The number of rotatable bonds is 4. The van der Waals surface area contributed by atoms with Crippen LogP contribution in [0.15, 0.2) is 0 Å². The first kappa shape index (κ1) is 12.7. The molecule has 16 heavy (non-hydrogen) atoms. The summed E-state index contributed by atoms with van der Waals surface area (Å²) in [5, 5.41) is 10.7. The Hall–Kier alpha value is -1.38. The van der Waals surface area contributed by atoms with Gasteiger partial charge in [-0.05, 0) is 0 Å². The molecule has 1 aliphatic rings. The lowest BCUT2D eigenvalue weighted by Crippen LogP contribution is -2.55. The molecule has 0 unspecified atom stereocenters. The summed E-state index contributed by atoms with van der Waals surface area (Å²) in [4.78, 5) is 23.7. The van der Waals surface area contributed by atoms with Crippen molar-refractivity contribution in [2.24, 2.45) is 5.84 Å². The second kappa shape index (κ2) is 6.26. The molecule has 1 atom stereocenters. The first-order valence-electron chi connectivity index (χ1n) is 4.93. The van der Waals surface area contributed by atoms with Crippen LogP contribution in [0.25, 0.3) is 0 Å². The van der Waals surface area contributed by atoms with E-state index in [2.05, 4.69) is 5.32 Å². The van der Waals surface area contributed by atoms with Crippen LogP contribution in [0.5, 0.6) is 0 Å². The summed E-state index contributed by atoms with van der Waals surface area (Å²) >= 11 is 0. The Balaban J connectivity index is 2.47. The summed E-state index contributed by atoms with van der Waals surface area (Å²) in [7, 11) is 0. The zero-order valence-corrected chi connectivity index (χ0v) is 8.81. The molecule has 92 valence electrons. The standard InChI is InChI=1S/C8H16N4O4/c9-11-7(13)6(10-8(14)15)5-12-1-3-16-4-2-12/h6,10H,1-5,9H2,(H,11,13)(H,14,15)/t6-/m0/s1. The van der Waals surface area contributed by atoms with Gasteiger partial charge in [-0.3, -0.25) is 15.1 Å². The number of morpholine rings is 1. The first-order chi connectivity index (χ1) is 7.63. The second-order valence-electron chi connectivity index (χ2n) is 3.42. The Morgan fingerprint density at radius 2 is 2.06 bits per heavy atom. The third-order valence-electron chi connectivity index (χ3n) is 2.30. The van der Waals surface area contributed by atoms with Gasteiger partial charge in [0.25, 0.3) is 5.91 Å². The Bertz CT molecular complexity index is 254. The van der Waals surface area contributed by atoms with Gasteiger partial charge in [0.1, 0.15) is 6.04 Å². The van der Waals surface area contributed by atoms with Crippen molar-refractivity contribution in [2.75, 3.05) is 32.8 Å². The first-order valence-corrected chi connectivity index (χ1v) is 4.93. The Morgan fingerprint density at radius 1 is 1.44 bits per heavy atom. The molecule has 1 aliphatic heterocycles. The lowest BCUT2D eigenvalue weighted by atomic mass is 10.2. The minimum Gasteiger partial charge on any atom is -0.465 e. The number of carbonyl (C=O) groups is 2. The topological polar surface area (TPSA) is 117 Å². The SMILES string of the molecule is NNC(=O)[C@H](CN1CCOCC1)NC(=O)O. The summed E-state index contributed by atoms with van der Waals surface area (Å²) < 4.78 is 5.15. The van der Waals surface area contributed by atoms with Crippen LogP contribution in [-0.2, 0) is 9.53 Å². The number of carboxylic acid groups (broad SMARTS) is 1. The fourth-order valence-corrected chi connectivity index (χ4v) is 1.49. The van der Waals surface area contributed by atoms with Crippen molar-refractivity contribution in [3.05, 3.63) is 0 Å². The van der Waals surface area contributed by atoms with Crippen LogP contribution >= 0.6 is 0 Å². The number of amides is 2. The van der Waals surface area contributed by atoms with E-state index in [0.29, 0.717) is 32.8 Å². The van der Waals surface area contributed by atoms with E-state index < -0.39 is 18.0 Å². The lowest BCUT2D eigenvalue weighted by Gasteiger charge is -2.29. The zero-order valence-electron chi connectivity index (χ0n) is 8.81. The van der Waals surface area contributed by atoms with Crippen LogP contribution in [0.4, 0.5) is 4.79 Å². The van der Waals surface area contributed by atoms with Gasteiger partial charge in [-0.15, -0.1) is 0 Å². The lowest BCUT2D eigenvalue weighted by molar-refractivity contribution is -0.123. The predicted octanol–water partition coefficient (Wildman–Crippen LogP) is -2.06. The van der Waals surface area contributed by atoms with E-state index in [1.807, 2.05) is 10.3 Å². The number of ether oxygens (including phenoxy) is 1. The molecule has 0 bridgehead atoms. The Labute approximate surface area is 92.7 Å².